The van der Waals surface area contributed by atoms with Crippen LogP contribution in [0.25, 0.3) is 0 Å². The van der Waals surface area contributed by atoms with E-state index in [1.54, 1.807) is 0 Å². The minimum absolute atomic E-state index is 0.0192. The minimum atomic E-state index is 0.0192. The Morgan fingerprint density at radius 3 is 2.33 bits per heavy atom. The van der Waals surface area contributed by atoms with E-state index in [1.165, 1.54) is 36.1 Å². The molecule has 2 fully saturated rings. The molecular formula is C25H31N3O2. The van der Waals surface area contributed by atoms with Gasteiger partial charge in [-0.05, 0) is 61.6 Å². The average Bonchev–Trinajstić information content (AvgIpc) is 2.97. The molecule has 2 aromatic carbocycles. The molecule has 30 heavy (non-hydrogen) atoms. The van der Waals surface area contributed by atoms with Crippen LogP contribution in [0.2, 0.25) is 0 Å². The standard InChI is InChI=1S/C25H31N3O2/c1-20-7-3-4-8-22(20)19-28-18-17-27(16-13-24(28)29)25(30)21-9-11-23(12-10-21)26-14-5-2-6-15-26/h3-4,7-12H,2,5-6,13-19H2,1H3. The Kier molecular flexibility index (Phi) is 6.36. The van der Waals surface area contributed by atoms with E-state index in [0.29, 0.717) is 38.2 Å². The monoisotopic (exact) mass is 405 g/mol. The van der Waals surface area contributed by atoms with E-state index in [9.17, 15) is 9.59 Å². The summed E-state index contributed by atoms with van der Waals surface area (Å²) in [7, 11) is 0. The van der Waals surface area contributed by atoms with Crippen molar-refractivity contribution in [3.8, 4) is 0 Å². The largest absolute Gasteiger partial charge is 0.372 e. The third kappa shape index (κ3) is 4.66. The molecule has 2 amide bonds. The average molecular weight is 406 g/mol. The molecule has 0 aliphatic carbocycles. The summed E-state index contributed by atoms with van der Waals surface area (Å²) < 4.78 is 0. The molecule has 0 aromatic heterocycles. The van der Waals surface area contributed by atoms with Crippen molar-refractivity contribution in [2.75, 3.05) is 37.6 Å². The molecule has 2 heterocycles. The number of piperidine rings is 1. The van der Waals surface area contributed by atoms with Crippen LogP contribution in [0, 0.1) is 6.92 Å². The maximum atomic E-state index is 13.0. The van der Waals surface area contributed by atoms with Crippen LogP contribution < -0.4 is 4.90 Å². The van der Waals surface area contributed by atoms with E-state index in [-0.39, 0.29) is 11.8 Å². The molecular weight excluding hydrogens is 374 g/mol. The molecule has 2 saturated heterocycles. The predicted octanol–water partition coefficient (Wildman–Crippen LogP) is 3.86. The molecule has 2 aliphatic rings. The Labute approximate surface area is 179 Å². The third-order valence-corrected chi connectivity index (χ3v) is 6.33. The second kappa shape index (κ2) is 9.33. The van der Waals surface area contributed by atoms with Crippen molar-refractivity contribution in [2.45, 2.75) is 39.2 Å². The highest BCUT2D eigenvalue weighted by Crippen LogP contribution is 2.21. The van der Waals surface area contributed by atoms with Crippen molar-refractivity contribution in [1.82, 2.24) is 9.80 Å². The van der Waals surface area contributed by atoms with Crippen LogP contribution >= 0.6 is 0 Å². The van der Waals surface area contributed by atoms with Gasteiger partial charge in [0.15, 0.2) is 0 Å². The molecule has 0 N–H and O–H groups in total. The van der Waals surface area contributed by atoms with E-state index in [4.69, 9.17) is 0 Å². The van der Waals surface area contributed by atoms with Crippen LogP contribution in [0.5, 0.6) is 0 Å². The topological polar surface area (TPSA) is 43.9 Å². The number of carbonyl (C=O) groups is 2. The Morgan fingerprint density at radius 1 is 0.867 bits per heavy atom. The van der Waals surface area contributed by atoms with Crippen LogP contribution in [-0.4, -0.2) is 54.3 Å². The first-order chi connectivity index (χ1) is 14.6. The summed E-state index contributed by atoms with van der Waals surface area (Å²) in [4.78, 5) is 31.8. The van der Waals surface area contributed by atoms with Gasteiger partial charge >= 0.3 is 0 Å². The highest BCUT2D eigenvalue weighted by atomic mass is 16.2. The maximum Gasteiger partial charge on any atom is 0.253 e. The molecule has 4 rings (SSSR count). The zero-order chi connectivity index (χ0) is 20.9. The van der Waals surface area contributed by atoms with Gasteiger partial charge in [-0.3, -0.25) is 9.59 Å². The summed E-state index contributed by atoms with van der Waals surface area (Å²) in [5, 5.41) is 0. The third-order valence-electron chi connectivity index (χ3n) is 6.33. The smallest absolute Gasteiger partial charge is 0.253 e. The lowest BCUT2D eigenvalue weighted by Gasteiger charge is -2.29. The van der Waals surface area contributed by atoms with Gasteiger partial charge in [-0.1, -0.05) is 24.3 Å². The molecule has 0 saturated carbocycles. The summed E-state index contributed by atoms with van der Waals surface area (Å²) in [5.74, 6) is 0.139. The van der Waals surface area contributed by atoms with Gasteiger partial charge in [-0.2, -0.15) is 0 Å². The van der Waals surface area contributed by atoms with Crippen molar-refractivity contribution >= 4 is 17.5 Å². The Morgan fingerprint density at radius 2 is 1.60 bits per heavy atom. The number of hydrogen-bond donors (Lipinski definition) is 0. The molecule has 0 unspecified atom stereocenters. The van der Waals surface area contributed by atoms with E-state index >= 15 is 0 Å². The molecule has 5 nitrogen and oxygen atoms in total. The summed E-state index contributed by atoms with van der Waals surface area (Å²) in [6.45, 7) is 6.50. The number of rotatable bonds is 4. The SMILES string of the molecule is Cc1ccccc1CN1CCN(C(=O)c2ccc(N3CCCCC3)cc2)CCC1=O. The second-order valence-electron chi connectivity index (χ2n) is 8.38. The van der Waals surface area contributed by atoms with Gasteiger partial charge in [0.05, 0.1) is 0 Å². The lowest BCUT2D eigenvalue weighted by Crippen LogP contribution is -2.35. The number of carbonyl (C=O) groups excluding carboxylic acids is 2. The van der Waals surface area contributed by atoms with Gasteiger partial charge in [0.1, 0.15) is 0 Å². The number of hydrogen-bond acceptors (Lipinski definition) is 3. The van der Waals surface area contributed by atoms with Crippen LogP contribution in [0.15, 0.2) is 48.5 Å². The van der Waals surface area contributed by atoms with Gasteiger partial charge in [0.2, 0.25) is 5.91 Å². The summed E-state index contributed by atoms with van der Waals surface area (Å²) >= 11 is 0. The summed E-state index contributed by atoms with van der Waals surface area (Å²) in [6, 6.07) is 16.2. The minimum Gasteiger partial charge on any atom is -0.372 e. The van der Waals surface area contributed by atoms with Crippen molar-refractivity contribution < 1.29 is 9.59 Å². The van der Waals surface area contributed by atoms with Crippen LogP contribution in [0.4, 0.5) is 5.69 Å². The molecule has 2 aromatic rings. The van der Waals surface area contributed by atoms with E-state index in [2.05, 4.69) is 36.1 Å². The quantitative estimate of drug-likeness (QED) is 0.776. The number of anilines is 1. The molecule has 158 valence electrons. The predicted molar refractivity (Wildman–Crippen MR) is 120 cm³/mol. The van der Waals surface area contributed by atoms with E-state index < -0.39 is 0 Å². The van der Waals surface area contributed by atoms with Crippen LogP contribution in [0.1, 0.15) is 47.2 Å². The number of benzene rings is 2. The van der Waals surface area contributed by atoms with Crippen molar-refractivity contribution in [3.63, 3.8) is 0 Å². The fraction of sp³-hybridized carbons (Fsp3) is 0.440. The Balaban J connectivity index is 1.39. The zero-order valence-corrected chi connectivity index (χ0v) is 17.8. The molecule has 5 heteroatoms. The normalized spacial score (nSPS) is 17.8. The highest BCUT2D eigenvalue weighted by Gasteiger charge is 2.25. The molecule has 2 aliphatic heterocycles. The van der Waals surface area contributed by atoms with Crippen LogP contribution in [0.3, 0.4) is 0 Å². The molecule has 0 bridgehead atoms. The van der Waals surface area contributed by atoms with Crippen molar-refractivity contribution in [1.29, 1.82) is 0 Å². The van der Waals surface area contributed by atoms with Gasteiger partial charge in [0.25, 0.3) is 5.91 Å². The van der Waals surface area contributed by atoms with Crippen molar-refractivity contribution in [3.05, 3.63) is 65.2 Å². The first-order valence-electron chi connectivity index (χ1n) is 11.1. The van der Waals surface area contributed by atoms with Crippen LogP contribution in [-0.2, 0) is 11.3 Å². The summed E-state index contributed by atoms with van der Waals surface area (Å²) in [6.07, 6.45) is 4.16. The Hall–Kier alpha value is -2.82. The number of amides is 2. The van der Waals surface area contributed by atoms with Gasteiger partial charge in [-0.15, -0.1) is 0 Å². The van der Waals surface area contributed by atoms with Crippen molar-refractivity contribution in [2.24, 2.45) is 0 Å². The fourth-order valence-electron chi connectivity index (χ4n) is 4.38. The maximum absolute atomic E-state index is 13.0. The summed E-state index contributed by atoms with van der Waals surface area (Å²) in [5.41, 5.74) is 4.26. The molecule has 0 radical (unpaired) electrons. The van der Waals surface area contributed by atoms with Gasteiger partial charge in [0, 0.05) is 56.9 Å². The van der Waals surface area contributed by atoms with E-state index in [1.807, 2.05) is 34.1 Å². The molecule has 0 spiro atoms. The number of aryl methyl sites for hydroxylation is 1. The number of nitrogens with zero attached hydrogens (tertiary/aromatic N) is 3. The lowest BCUT2D eigenvalue weighted by atomic mass is 10.1. The van der Waals surface area contributed by atoms with Gasteiger partial charge < -0.3 is 14.7 Å². The lowest BCUT2D eigenvalue weighted by molar-refractivity contribution is -0.130. The highest BCUT2D eigenvalue weighted by molar-refractivity contribution is 5.95. The zero-order valence-electron chi connectivity index (χ0n) is 17.8. The van der Waals surface area contributed by atoms with Gasteiger partial charge in [-0.25, -0.2) is 0 Å². The first kappa shape index (κ1) is 20.5. The fourth-order valence-corrected chi connectivity index (χ4v) is 4.38. The molecule has 0 atom stereocenters. The second-order valence-corrected chi connectivity index (χ2v) is 8.38. The first-order valence-corrected chi connectivity index (χ1v) is 11.1. The van der Waals surface area contributed by atoms with E-state index in [0.717, 1.165) is 13.1 Å². The Bertz CT molecular complexity index is 888.